The number of guanidine groups is 1. The lowest BCUT2D eigenvalue weighted by Crippen LogP contribution is -2.39. The largest absolute Gasteiger partial charge is 0.357 e. The number of halogens is 1. The highest BCUT2D eigenvalue weighted by Gasteiger charge is 2.13. The van der Waals surface area contributed by atoms with Gasteiger partial charge < -0.3 is 10.6 Å². The molecule has 8 heteroatoms. The van der Waals surface area contributed by atoms with Crippen molar-refractivity contribution in [3.8, 4) is 0 Å². The van der Waals surface area contributed by atoms with E-state index in [-0.39, 0.29) is 29.7 Å². The monoisotopic (exact) mass is 434 g/mol. The van der Waals surface area contributed by atoms with Crippen LogP contribution >= 0.6 is 24.0 Å². The number of aliphatic imine (C=N–C) groups is 1. The van der Waals surface area contributed by atoms with Gasteiger partial charge in [-0.1, -0.05) is 13.8 Å². The van der Waals surface area contributed by atoms with Crippen molar-refractivity contribution in [2.45, 2.75) is 34.1 Å². The first-order chi connectivity index (χ1) is 9.33. The highest BCUT2D eigenvalue weighted by atomic mass is 127. The number of nitrogens with zero attached hydrogens (tertiary/aromatic N) is 2. The van der Waals surface area contributed by atoms with Gasteiger partial charge in [-0.25, -0.2) is 12.7 Å². The van der Waals surface area contributed by atoms with Crippen molar-refractivity contribution in [1.82, 2.24) is 14.9 Å². The molecule has 0 aliphatic rings. The van der Waals surface area contributed by atoms with Crippen LogP contribution in [0, 0.1) is 5.92 Å². The number of sulfonamides is 1. The fourth-order valence-corrected chi connectivity index (χ4v) is 2.33. The predicted octanol–water partition coefficient (Wildman–Crippen LogP) is 1.49. The van der Waals surface area contributed by atoms with Gasteiger partial charge in [0.25, 0.3) is 0 Å². The first-order valence-electron chi connectivity index (χ1n) is 7.29. The Balaban J connectivity index is 0. The molecule has 0 unspecified atom stereocenters. The molecule has 0 saturated heterocycles. The molecule has 128 valence electrons. The van der Waals surface area contributed by atoms with E-state index < -0.39 is 10.0 Å². The highest BCUT2D eigenvalue weighted by molar-refractivity contribution is 14.0. The Morgan fingerprint density at radius 1 is 1.24 bits per heavy atom. The second kappa shape index (κ2) is 12.5. The molecule has 0 aliphatic carbocycles. The van der Waals surface area contributed by atoms with Gasteiger partial charge in [-0.05, 0) is 26.2 Å². The Kier molecular flexibility index (Phi) is 13.7. The SMILES string of the molecule is CCNC(=NCC(C)C)NCCCN(C)S(=O)(=O)CC.I. The second-order valence-corrected chi connectivity index (χ2v) is 7.48. The highest BCUT2D eigenvalue weighted by Crippen LogP contribution is 1.98. The molecular formula is C13H31IN4O2S. The molecule has 2 N–H and O–H groups in total. The van der Waals surface area contributed by atoms with Crippen LogP contribution in [-0.4, -0.2) is 57.7 Å². The van der Waals surface area contributed by atoms with Gasteiger partial charge in [0.05, 0.1) is 5.75 Å². The van der Waals surface area contributed by atoms with Crippen molar-refractivity contribution < 1.29 is 8.42 Å². The Morgan fingerprint density at radius 3 is 2.33 bits per heavy atom. The van der Waals surface area contributed by atoms with E-state index in [0.29, 0.717) is 19.0 Å². The van der Waals surface area contributed by atoms with E-state index >= 15 is 0 Å². The Hall–Kier alpha value is -0.0900. The number of hydrogen-bond acceptors (Lipinski definition) is 3. The number of nitrogens with one attached hydrogen (secondary N) is 2. The molecule has 0 aliphatic heterocycles. The van der Waals surface area contributed by atoms with Crippen molar-refractivity contribution in [2.75, 3.05) is 39.0 Å². The molecule has 0 aromatic carbocycles. The third-order valence-electron chi connectivity index (χ3n) is 2.74. The van der Waals surface area contributed by atoms with Gasteiger partial charge in [0.2, 0.25) is 10.0 Å². The van der Waals surface area contributed by atoms with Crippen molar-refractivity contribution in [3.63, 3.8) is 0 Å². The third kappa shape index (κ3) is 11.2. The molecule has 6 nitrogen and oxygen atoms in total. The van der Waals surface area contributed by atoms with Gasteiger partial charge >= 0.3 is 0 Å². The third-order valence-corrected chi connectivity index (χ3v) is 4.60. The predicted molar refractivity (Wildman–Crippen MR) is 101 cm³/mol. The summed E-state index contributed by atoms with van der Waals surface area (Å²) in [5, 5.41) is 6.39. The van der Waals surface area contributed by atoms with Crippen molar-refractivity contribution in [1.29, 1.82) is 0 Å². The molecule has 0 aromatic heterocycles. The van der Waals surface area contributed by atoms with E-state index in [1.807, 2.05) is 6.92 Å². The van der Waals surface area contributed by atoms with Crippen molar-refractivity contribution in [3.05, 3.63) is 0 Å². The van der Waals surface area contributed by atoms with E-state index in [1.165, 1.54) is 4.31 Å². The van der Waals surface area contributed by atoms with Crippen LogP contribution in [0.2, 0.25) is 0 Å². The molecule has 0 aromatic rings. The van der Waals surface area contributed by atoms with Gasteiger partial charge in [-0.3, -0.25) is 4.99 Å². The molecule has 0 bridgehead atoms. The molecule has 0 rings (SSSR count). The minimum absolute atomic E-state index is 0. The normalized spacial score (nSPS) is 12.4. The molecule has 0 radical (unpaired) electrons. The Morgan fingerprint density at radius 2 is 1.86 bits per heavy atom. The molecule has 21 heavy (non-hydrogen) atoms. The van der Waals surface area contributed by atoms with Crippen molar-refractivity contribution in [2.24, 2.45) is 10.9 Å². The summed E-state index contributed by atoms with van der Waals surface area (Å²) in [6.07, 6.45) is 0.752. The molecule has 0 heterocycles. The van der Waals surface area contributed by atoms with Crippen LogP contribution in [0.25, 0.3) is 0 Å². The Labute approximate surface area is 147 Å². The minimum Gasteiger partial charge on any atom is -0.357 e. The lowest BCUT2D eigenvalue weighted by molar-refractivity contribution is 0.461. The lowest BCUT2D eigenvalue weighted by Gasteiger charge is -2.17. The van der Waals surface area contributed by atoms with E-state index in [9.17, 15) is 8.42 Å². The van der Waals surface area contributed by atoms with Gasteiger partial charge in [-0.2, -0.15) is 0 Å². The maximum absolute atomic E-state index is 11.6. The maximum atomic E-state index is 11.6. The summed E-state index contributed by atoms with van der Waals surface area (Å²) in [4.78, 5) is 4.46. The molecule has 0 fully saturated rings. The van der Waals surface area contributed by atoms with Crippen LogP contribution in [0.3, 0.4) is 0 Å². The zero-order valence-corrected chi connectivity index (χ0v) is 17.0. The molecule has 0 atom stereocenters. The molecule has 0 spiro atoms. The number of rotatable bonds is 9. The van der Waals surface area contributed by atoms with Crippen LogP contribution in [0.15, 0.2) is 4.99 Å². The van der Waals surface area contributed by atoms with E-state index in [0.717, 1.165) is 25.5 Å². The first kappa shape index (κ1) is 23.2. The summed E-state index contributed by atoms with van der Waals surface area (Å²) in [6, 6.07) is 0. The number of hydrogen-bond donors (Lipinski definition) is 2. The van der Waals surface area contributed by atoms with E-state index in [2.05, 4.69) is 29.5 Å². The summed E-state index contributed by atoms with van der Waals surface area (Å²) in [5.41, 5.74) is 0. The van der Waals surface area contributed by atoms with Crippen LogP contribution in [-0.2, 0) is 10.0 Å². The average Bonchev–Trinajstić information content (AvgIpc) is 2.40. The summed E-state index contributed by atoms with van der Waals surface area (Å²) in [5.74, 6) is 1.46. The van der Waals surface area contributed by atoms with Crippen LogP contribution < -0.4 is 10.6 Å². The molecule has 0 amide bonds. The fraction of sp³-hybridized carbons (Fsp3) is 0.923. The molecule has 0 saturated carbocycles. The lowest BCUT2D eigenvalue weighted by atomic mass is 10.2. The fourth-order valence-electron chi connectivity index (χ4n) is 1.48. The Bertz CT molecular complexity index is 386. The molecular weight excluding hydrogens is 403 g/mol. The van der Waals surface area contributed by atoms with Crippen LogP contribution in [0.1, 0.15) is 34.1 Å². The summed E-state index contributed by atoms with van der Waals surface area (Å²) in [7, 11) is -1.45. The summed E-state index contributed by atoms with van der Waals surface area (Å²) >= 11 is 0. The van der Waals surface area contributed by atoms with Gasteiger partial charge in [0.15, 0.2) is 5.96 Å². The first-order valence-corrected chi connectivity index (χ1v) is 8.90. The zero-order chi connectivity index (χ0) is 15.6. The van der Waals surface area contributed by atoms with Gasteiger partial charge in [0.1, 0.15) is 0 Å². The van der Waals surface area contributed by atoms with Crippen LogP contribution in [0.4, 0.5) is 0 Å². The topological polar surface area (TPSA) is 73.8 Å². The van der Waals surface area contributed by atoms with E-state index in [4.69, 9.17) is 0 Å². The summed E-state index contributed by atoms with van der Waals surface area (Å²) < 4.78 is 24.6. The quantitative estimate of drug-likeness (QED) is 0.250. The maximum Gasteiger partial charge on any atom is 0.213 e. The zero-order valence-electron chi connectivity index (χ0n) is 13.8. The van der Waals surface area contributed by atoms with E-state index in [1.54, 1.807) is 14.0 Å². The van der Waals surface area contributed by atoms with Gasteiger partial charge in [-0.15, -0.1) is 24.0 Å². The smallest absolute Gasteiger partial charge is 0.213 e. The minimum atomic E-state index is -3.07. The average molecular weight is 434 g/mol. The van der Waals surface area contributed by atoms with Crippen LogP contribution in [0.5, 0.6) is 0 Å². The second-order valence-electron chi connectivity index (χ2n) is 5.12. The standard InChI is InChI=1S/C13H30N4O2S.HI/c1-6-14-13(16-11-12(3)4)15-9-8-10-17(5)20(18,19)7-2;/h12H,6-11H2,1-5H3,(H2,14,15,16);1H. The summed E-state index contributed by atoms with van der Waals surface area (Å²) in [6.45, 7) is 10.7. The van der Waals surface area contributed by atoms with Gasteiger partial charge in [0, 0.05) is 33.2 Å². The van der Waals surface area contributed by atoms with Crippen molar-refractivity contribution >= 4 is 40.0 Å².